The molecule has 0 aromatic carbocycles. The Labute approximate surface area is 132 Å². The van der Waals surface area contributed by atoms with E-state index in [-0.39, 0.29) is 31.1 Å². The van der Waals surface area contributed by atoms with Crippen LogP contribution in [0.4, 0.5) is 0 Å². The van der Waals surface area contributed by atoms with Crippen molar-refractivity contribution in [1.82, 2.24) is 19.5 Å². The summed E-state index contributed by atoms with van der Waals surface area (Å²) in [6.07, 6.45) is 4.51. The molecule has 1 saturated carbocycles. The van der Waals surface area contributed by atoms with Crippen LogP contribution in [0.1, 0.15) is 24.6 Å². The van der Waals surface area contributed by atoms with Crippen LogP contribution < -0.4 is 0 Å². The van der Waals surface area contributed by atoms with Gasteiger partial charge in [0.1, 0.15) is 11.8 Å². The molecule has 0 spiro atoms. The molecule has 3 atom stereocenters. The van der Waals surface area contributed by atoms with Gasteiger partial charge in [0, 0.05) is 12.6 Å². The minimum Gasteiger partial charge on any atom is -0.396 e. The van der Waals surface area contributed by atoms with E-state index in [0.29, 0.717) is 12.8 Å². The van der Waals surface area contributed by atoms with Gasteiger partial charge < -0.3 is 19.5 Å². The molecule has 126 valence electrons. The number of aliphatic hydroxyl groups is 1. The van der Waals surface area contributed by atoms with Crippen LogP contribution in [0.2, 0.25) is 0 Å². The average molecular weight is 342 g/mol. The van der Waals surface area contributed by atoms with Crippen molar-refractivity contribution in [1.29, 1.82) is 0 Å². The molecule has 10 heteroatoms. The smallest absolute Gasteiger partial charge is 0.396 e. The summed E-state index contributed by atoms with van der Waals surface area (Å²) in [4.78, 5) is 30.4. The van der Waals surface area contributed by atoms with E-state index < -0.39 is 7.82 Å². The molecule has 2 aromatic rings. The predicted molar refractivity (Wildman–Crippen MR) is 80.4 cm³/mol. The van der Waals surface area contributed by atoms with Crippen LogP contribution in [-0.2, 0) is 9.09 Å². The van der Waals surface area contributed by atoms with Crippen LogP contribution in [-0.4, -0.2) is 47.6 Å². The predicted octanol–water partition coefficient (Wildman–Crippen LogP) is 0.804. The van der Waals surface area contributed by atoms with E-state index in [1.54, 1.807) is 6.33 Å². The topological polar surface area (TPSA) is 131 Å². The third-order valence-electron chi connectivity index (χ3n) is 4.44. The summed E-state index contributed by atoms with van der Waals surface area (Å²) in [6, 6.07) is 0.0526. The highest BCUT2D eigenvalue weighted by Crippen LogP contribution is 2.44. The molecule has 3 N–H and O–H groups in total. The number of nitrogens with zero attached hydrogens (tertiary/aromatic N) is 4. The molecule has 0 bridgehead atoms. The second-order valence-corrected chi connectivity index (χ2v) is 7.14. The SMILES string of the molecule is Cc1ncnc2c1ncn2C1CC(CO)C(COP(=O)(O)O)C1. The van der Waals surface area contributed by atoms with E-state index in [9.17, 15) is 9.67 Å². The van der Waals surface area contributed by atoms with Gasteiger partial charge in [0.05, 0.1) is 18.6 Å². The van der Waals surface area contributed by atoms with Crippen molar-refractivity contribution in [2.24, 2.45) is 11.8 Å². The molecule has 3 unspecified atom stereocenters. The fourth-order valence-electron chi connectivity index (χ4n) is 3.26. The highest BCUT2D eigenvalue weighted by molar-refractivity contribution is 7.46. The number of aromatic nitrogens is 4. The Hall–Kier alpha value is -1.38. The maximum atomic E-state index is 10.9. The first-order valence-electron chi connectivity index (χ1n) is 7.34. The van der Waals surface area contributed by atoms with Gasteiger partial charge in [-0.1, -0.05) is 0 Å². The summed E-state index contributed by atoms with van der Waals surface area (Å²) < 4.78 is 17.5. The molecule has 2 aromatic heterocycles. The minimum atomic E-state index is -4.50. The number of rotatable bonds is 5. The largest absolute Gasteiger partial charge is 0.469 e. The van der Waals surface area contributed by atoms with E-state index in [1.807, 2.05) is 11.5 Å². The van der Waals surface area contributed by atoms with Crippen LogP contribution in [0.5, 0.6) is 0 Å². The quantitative estimate of drug-likeness (QED) is 0.680. The third kappa shape index (κ3) is 3.44. The Balaban J connectivity index is 1.81. The molecular formula is C13H19N4O5P. The Morgan fingerprint density at radius 1 is 1.30 bits per heavy atom. The summed E-state index contributed by atoms with van der Waals surface area (Å²) in [5.41, 5.74) is 2.27. The van der Waals surface area contributed by atoms with Crippen molar-refractivity contribution < 1.29 is 24.0 Å². The van der Waals surface area contributed by atoms with Crippen molar-refractivity contribution >= 4 is 19.0 Å². The monoisotopic (exact) mass is 342 g/mol. The van der Waals surface area contributed by atoms with Gasteiger partial charge in [-0.2, -0.15) is 0 Å². The molecule has 2 heterocycles. The average Bonchev–Trinajstić information content (AvgIpc) is 3.08. The van der Waals surface area contributed by atoms with E-state index in [4.69, 9.17) is 9.79 Å². The Morgan fingerprint density at radius 3 is 2.74 bits per heavy atom. The number of aliphatic hydroxyl groups excluding tert-OH is 1. The lowest BCUT2D eigenvalue weighted by molar-refractivity contribution is 0.124. The summed E-state index contributed by atoms with van der Waals surface area (Å²) in [5, 5.41) is 9.54. The van der Waals surface area contributed by atoms with Crippen molar-refractivity contribution in [2.45, 2.75) is 25.8 Å². The van der Waals surface area contributed by atoms with Gasteiger partial charge in [0.25, 0.3) is 0 Å². The van der Waals surface area contributed by atoms with E-state index in [2.05, 4.69) is 19.5 Å². The van der Waals surface area contributed by atoms with Crippen molar-refractivity contribution in [3.63, 3.8) is 0 Å². The van der Waals surface area contributed by atoms with Gasteiger partial charge >= 0.3 is 7.82 Å². The molecular weight excluding hydrogens is 323 g/mol. The molecule has 23 heavy (non-hydrogen) atoms. The zero-order chi connectivity index (χ0) is 16.6. The summed E-state index contributed by atoms with van der Waals surface area (Å²) in [6.45, 7) is 1.74. The Bertz CT molecular complexity index is 745. The molecule has 0 amide bonds. The van der Waals surface area contributed by atoms with E-state index in [1.165, 1.54) is 6.33 Å². The van der Waals surface area contributed by atoms with E-state index in [0.717, 1.165) is 16.9 Å². The van der Waals surface area contributed by atoms with Gasteiger partial charge in [-0.3, -0.25) is 4.52 Å². The second kappa shape index (κ2) is 6.26. The highest BCUT2D eigenvalue weighted by Gasteiger charge is 2.36. The van der Waals surface area contributed by atoms with Gasteiger partial charge in [-0.15, -0.1) is 0 Å². The van der Waals surface area contributed by atoms with Gasteiger partial charge in [-0.25, -0.2) is 19.5 Å². The van der Waals surface area contributed by atoms with Crippen LogP contribution in [0, 0.1) is 18.8 Å². The number of hydrogen-bond acceptors (Lipinski definition) is 6. The number of fused-ring (bicyclic) bond motifs is 1. The first-order valence-corrected chi connectivity index (χ1v) is 8.87. The van der Waals surface area contributed by atoms with Gasteiger partial charge in [0.15, 0.2) is 5.65 Å². The maximum Gasteiger partial charge on any atom is 0.469 e. The maximum absolute atomic E-state index is 10.9. The molecule has 0 saturated heterocycles. The zero-order valence-electron chi connectivity index (χ0n) is 12.6. The number of phosphoric ester groups is 1. The molecule has 1 aliphatic rings. The van der Waals surface area contributed by atoms with Crippen LogP contribution in [0.15, 0.2) is 12.7 Å². The molecule has 0 aliphatic heterocycles. The number of phosphoric acid groups is 1. The van der Waals surface area contributed by atoms with Crippen molar-refractivity contribution in [3.8, 4) is 0 Å². The summed E-state index contributed by atoms with van der Waals surface area (Å²) in [5.74, 6) is -0.204. The van der Waals surface area contributed by atoms with Crippen molar-refractivity contribution in [2.75, 3.05) is 13.2 Å². The highest BCUT2D eigenvalue weighted by atomic mass is 31.2. The molecule has 0 radical (unpaired) electrons. The summed E-state index contributed by atoms with van der Waals surface area (Å²) in [7, 11) is -4.50. The van der Waals surface area contributed by atoms with E-state index >= 15 is 0 Å². The lowest BCUT2D eigenvalue weighted by Crippen LogP contribution is -2.17. The lowest BCUT2D eigenvalue weighted by Gasteiger charge is -2.16. The van der Waals surface area contributed by atoms with Gasteiger partial charge in [0.2, 0.25) is 0 Å². The van der Waals surface area contributed by atoms with Crippen LogP contribution >= 0.6 is 7.82 Å². The lowest BCUT2D eigenvalue weighted by atomic mass is 9.98. The van der Waals surface area contributed by atoms with Crippen LogP contribution in [0.3, 0.4) is 0 Å². The number of imidazole rings is 1. The first-order chi connectivity index (χ1) is 10.9. The fourth-order valence-corrected chi connectivity index (χ4v) is 3.65. The third-order valence-corrected chi connectivity index (χ3v) is 4.93. The molecule has 9 nitrogen and oxygen atoms in total. The standard InChI is InChI=1S/C13H19N4O5P/c1-8-12-13(15-6-14-8)17(7-16-12)11-2-9(4-18)10(3-11)5-22-23(19,20)21/h6-7,9-11,18H,2-5H2,1H3,(H2,19,20,21). The summed E-state index contributed by atoms with van der Waals surface area (Å²) >= 11 is 0. The molecule has 1 aliphatic carbocycles. The van der Waals surface area contributed by atoms with Gasteiger partial charge in [-0.05, 0) is 31.6 Å². The van der Waals surface area contributed by atoms with Crippen molar-refractivity contribution in [3.05, 3.63) is 18.3 Å². The second-order valence-electron chi connectivity index (χ2n) is 5.90. The molecule has 3 rings (SSSR count). The normalized spacial score (nSPS) is 25.3. The van der Waals surface area contributed by atoms with Crippen LogP contribution in [0.25, 0.3) is 11.2 Å². The zero-order valence-corrected chi connectivity index (χ0v) is 13.5. The fraction of sp³-hybridized carbons (Fsp3) is 0.615. The minimum absolute atomic E-state index is 0.0493. The number of hydrogen-bond donors (Lipinski definition) is 3. The Morgan fingerprint density at radius 2 is 2.04 bits per heavy atom. The molecule has 1 fully saturated rings. The Kier molecular flexibility index (Phi) is 4.48. The first kappa shape index (κ1) is 16.5. The number of aryl methyl sites for hydroxylation is 1.